The van der Waals surface area contributed by atoms with Crippen LogP contribution in [0.4, 0.5) is 5.69 Å². The third-order valence-electron chi connectivity index (χ3n) is 3.36. The topological polar surface area (TPSA) is 87.3 Å². The molecule has 8 heteroatoms. The zero-order valence-corrected chi connectivity index (χ0v) is 13.9. The SMILES string of the molecule is CSc1ccc(COC(=O)Cn2nc(C)c([N+](=O)[O-])c2C)cc1. The number of rotatable bonds is 6. The fourth-order valence-corrected chi connectivity index (χ4v) is 2.57. The van der Waals surface area contributed by atoms with E-state index >= 15 is 0 Å². The van der Waals surface area contributed by atoms with Crippen molar-refractivity contribution in [1.29, 1.82) is 0 Å². The first-order chi connectivity index (χ1) is 10.9. The maximum absolute atomic E-state index is 11.9. The van der Waals surface area contributed by atoms with Crippen molar-refractivity contribution in [3.8, 4) is 0 Å². The number of hydrogen-bond donors (Lipinski definition) is 0. The average molecular weight is 335 g/mol. The second kappa shape index (κ2) is 7.28. The lowest BCUT2D eigenvalue weighted by Crippen LogP contribution is -2.15. The van der Waals surface area contributed by atoms with Crippen LogP contribution in [0.15, 0.2) is 29.2 Å². The first-order valence-corrected chi connectivity index (χ1v) is 8.11. The predicted molar refractivity (Wildman–Crippen MR) is 86.4 cm³/mol. The standard InChI is InChI=1S/C15H17N3O4S/c1-10-15(18(20)21)11(2)17(16-10)8-14(19)22-9-12-4-6-13(23-3)7-5-12/h4-7H,8-9H2,1-3H3. The maximum Gasteiger partial charge on any atom is 0.328 e. The molecule has 0 spiro atoms. The molecule has 2 rings (SSSR count). The average Bonchev–Trinajstić information content (AvgIpc) is 2.79. The number of aromatic nitrogens is 2. The number of nitro groups is 1. The largest absolute Gasteiger partial charge is 0.459 e. The lowest BCUT2D eigenvalue weighted by atomic mass is 10.2. The minimum Gasteiger partial charge on any atom is -0.459 e. The van der Waals surface area contributed by atoms with Crippen LogP contribution in [0.3, 0.4) is 0 Å². The van der Waals surface area contributed by atoms with Gasteiger partial charge in [0.05, 0.1) is 4.92 Å². The van der Waals surface area contributed by atoms with Crippen molar-refractivity contribution in [2.45, 2.75) is 31.9 Å². The van der Waals surface area contributed by atoms with Crippen molar-refractivity contribution in [2.24, 2.45) is 0 Å². The van der Waals surface area contributed by atoms with Crippen molar-refractivity contribution >= 4 is 23.4 Å². The van der Waals surface area contributed by atoms with Gasteiger partial charge in [-0.25, -0.2) is 0 Å². The molecular formula is C15H17N3O4S. The summed E-state index contributed by atoms with van der Waals surface area (Å²) in [6.45, 7) is 3.12. The Morgan fingerprint density at radius 1 is 1.35 bits per heavy atom. The highest BCUT2D eigenvalue weighted by molar-refractivity contribution is 7.98. The molecule has 0 saturated carbocycles. The van der Waals surface area contributed by atoms with Crippen LogP contribution in [-0.4, -0.2) is 26.9 Å². The maximum atomic E-state index is 11.9. The molecule has 0 aliphatic carbocycles. The molecule has 23 heavy (non-hydrogen) atoms. The molecule has 0 unspecified atom stereocenters. The Bertz CT molecular complexity index is 725. The zero-order valence-electron chi connectivity index (χ0n) is 13.1. The van der Waals surface area contributed by atoms with Crippen LogP contribution in [-0.2, 0) is 22.7 Å². The molecule has 0 saturated heterocycles. The van der Waals surface area contributed by atoms with Crippen LogP contribution in [0, 0.1) is 24.0 Å². The number of thioether (sulfide) groups is 1. The third-order valence-corrected chi connectivity index (χ3v) is 4.11. The van der Waals surface area contributed by atoms with Crippen LogP contribution in [0.1, 0.15) is 17.0 Å². The first-order valence-electron chi connectivity index (χ1n) is 6.89. The number of esters is 1. The Kier molecular flexibility index (Phi) is 5.38. The number of carbonyl (C=O) groups excluding carboxylic acids is 1. The van der Waals surface area contributed by atoms with Gasteiger partial charge in [0.25, 0.3) is 0 Å². The van der Waals surface area contributed by atoms with Gasteiger partial charge in [-0.15, -0.1) is 11.8 Å². The van der Waals surface area contributed by atoms with Gasteiger partial charge in [0, 0.05) is 4.90 Å². The fourth-order valence-electron chi connectivity index (χ4n) is 2.16. The molecule has 0 aliphatic rings. The van der Waals surface area contributed by atoms with E-state index in [1.807, 2.05) is 30.5 Å². The number of hydrogen-bond acceptors (Lipinski definition) is 6. The van der Waals surface area contributed by atoms with Gasteiger partial charge >= 0.3 is 11.7 Å². The van der Waals surface area contributed by atoms with Crippen LogP contribution in [0.5, 0.6) is 0 Å². The molecule has 0 fully saturated rings. The van der Waals surface area contributed by atoms with Crippen LogP contribution in [0.25, 0.3) is 0 Å². The molecule has 0 atom stereocenters. The quantitative estimate of drug-likeness (QED) is 0.349. The summed E-state index contributed by atoms with van der Waals surface area (Å²) < 4.78 is 6.49. The van der Waals surface area contributed by atoms with Crippen molar-refractivity contribution in [1.82, 2.24) is 9.78 Å². The molecule has 1 heterocycles. The van der Waals surface area contributed by atoms with Gasteiger partial charge in [-0.3, -0.25) is 19.6 Å². The summed E-state index contributed by atoms with van der Waals surface area (Å²) in [7, 11) is 0. The summed E-state index contributed by atoms with van der Waals surface area (Å²) in [5.41, 5.74) is 1.45. The Hall–Kier alpha value is -2.35. The number of ether oxygens (including phenoxy) is 1. The molecular weight excluding hydrogens is 318 g/mol. The van der Waals surface area contributed by atoms with E-state index in [1.165, 1.54) is 4.68 Å². The number of nitrogens with zero attached hydrogens (tertiary/aromatic N) is 3. The van der Waals surface area contributed by atoms with Crippen LogP contribution >= 0.6 is 11.8 Å². The van der Waals surface area contributed by atoms with Gasteiger partial charge in [-0.2, -0.15) is 5.10 Å². The van der Waals surface area contributed by atoms with E-state index in [-0.39, 0.29) is 24.5 Å². The highest BCUT2D eigenvalue weighted by atomic mass is 32.2. The second-order valence-corrected chi connectivity index (χ2v) is 5.82. The highest BCUT2D eigenvalue weighted by Crippen LogP contribution is 2.21. The molecule has 0 amide bonds. The smallest absolute Gasteiger partial charge is 0.328 e. The first kappa shape index (κ1) is 17.0. The zero-order chi connectivity index (χ0) is 17.0. The van der Waals surface area contributed by atoms with Crippen molar-refractivity contribution in [2.75, 3.05) is 6.26 Å². The highest BCUT2D eigenvalue weighted by Gasteiger charge is 2.23. The summed E-state index contributed by atoms with van der Waals surface area (Å²) in [5.74, 6) is -0.487. The van der Waals surface area contributed by atoms with Gasteiger partial charge in [0.1, 0.15) is 24.5 Å². The van der Waals surface area contributed by atoms with Crippen LogP contribution in [0.2, 0.25) is 0 Å². The number of carbonyl (C=O) groups is 1. The summed E-state index contributed by atoms with van der Waals surface area (Å²) in [6.07, 6.45) is 1.99. The predicted octanol–water partition coefficient (Wildman–Crippen LogP) is 2.87. The van der Waals surface area contributed by atoms with E-state index in [2.05, 4.69) is 5.10 Å². The van der Waals surface area contributed by atoms with Gasteiger partial charge in [0.15, 0.2) is 0 Å². The van der Waals surface area contributed by atoms with E-state index in [0.29, 0.717) is 5.69 Å². The van der Waals surface area contributed by atoms with E-state index in [4.69, 9.17) is 4.74 Å². The van der Waals surface area contributed by atoms with Crippen molar-refractivity contribution < 1.29 is 14.5 Å². The Morgan fingerprint density at radius 3 is 2.52 bits per heavy atom. The monoisotopic (exact) mass is 335 g/mol. The van der Waals surface area contributed by atoms with Gasteiger partial charge < -0.3 is 4.74 Å². The summed E-state index contributed by atoms with van der Waals surface area (Å²) in [6, 6.07) is 7.71. The lowest BCUT2D eigenvalue weighted by molar-refractivity contribution is -0.386. The van der Waals surface area contributed by atoms with Crippen LogP contribution < -0.4 is 0 Å². The molecule has 1 aromatic carbocycles. The Labute approximate surface area is 137 Å². The van der Waals surface area contributed by atoms with Gasteiger partial charge in [-0.1, -0.05) is 12.1 Å². The minimum atomic E-state index is -0.493. The van der Waals surface area contributed by atoms with E-state index in [0.717, 1.165) is 10.5 Å². The number of benzene rings is 1. The van der Waals surface area contributed by atoms with Gasteiger partial charge in [0.2, 0.25) is 0 Å². The van der Waals surface area contributed by atoms with E-state index < -0.39 is 10.9 Å². The molecule has 0 N–H and O–H groups in total. The molecule has 0 aliphatic heterocycles. The summed E-state index contributed by atoms with van der Waals surface area (Å²) in [5, 5.41) is 15.0. The normalized spacial score (nSPS) is 10.6. The second-order valence-electron chi connectivity index (χ2n) is 4.94. The summed E-state index contributed by atoms with van der Waals surface area (Å²) >= 11 is 1.64. The Balaban J connectivity index is 1.97. The van der Waals surface area contributed by atoms with Gasteiger partial charge in [-0.05, 0) is 37.8 Å². The van der Waals surface area contributed by atoms with Crippen molar-refractivity contribution in [3.05, 3.63) is 51.3 Å². The minimum absolute atomic E-state index is 0.0644. The Morgan fingerprint density at radius 2 is 2.00 bits per heavy atom. The van der Waals surface area contributed by atoms with E-state index in [1.54, 1.807) is 25.6 Å². The van der Waals surface area contributed by atoms with E-state index in [9.17, 15) is 14.9 Å². The van der Waals surface area contributed by atoms with Crippen molar-refractivity contribution in [3.63, 3.8) is 0 Å². The molecule has 122 valence electrons. The third kappa shape index (κ3) is 4.10. The molecule has 1 aromatic heterocycles. The molecule has 7 nitrogen and oxygen atoms in total. The molecule has 0 radical (unpaired) electrons. The molecule has 0 bridgehead atoms. The number of aryl methyl sites for hydroxylation is 1. The molecule has 2 aromatic rings. The summed E-state index contributed by atoms with van der Waals surface area (Å²) in [4.78, 5) is 23.5. The lowest BCUT2D eigenvalue weighted by Gasteiger charge is -2.06. The fraction of sp³-hybridized carbons (Fsp3) is 0.333.